The van der Waals surface area contributed by atoms with Gasteiger partial charge in [0.2, 0.25) is 0 Å². The van der Waals surface area contributed by atoms with Crippen LogP contribution in [0.3, 0.4) is 0 Å². The van der Waals surface area contributed by atoms with E-state index in [-0.39, 0.29) is 12.1 Å². The fraction of sp³-hybridized carbons (Fsp3) is 0.571. The van der Waals surface area contributed by atoms with Gasteiger partial charge in [0, 0.05) is 53.9 Å². The Morgan fingerprint density at radius 1 is 1.10 bits per heavy atom. The van der Waals surface area contributed by atoms with E-state index in [1.165, 1.54) is 19.9 Å². The van der Waals surface area contributed by atoms with Gasteiger partial charge in [-0.1, -0.05) is 51.0 Å². The van der Waals surface area contributed by atoms with Gasteiger partial charge in [-0.25, -0.2) is 13.8 Å². The van der Waals surface area contributed by atoms with Crippen LogP contribution in [0.5, 0.6) is 0 Å². The fourth-order valence-electron chi connectivity index (χ4n) is 5.52. The maximum absolute atomic E-state index is 15.4. The second-order valence-electron chi connectivity index (χ2n) is 12.2. The number of aliphatic imine (C=N–C) groups is 1. The quantitative estimate of drug-likeness (QED) is 0.136. The van der Waals surface area contributed by atoms with Crippen LogP contribution in [0.25, 0.3) is 0 Å². The maximum atomic E-state index is 15.4. The molecule has 0 aromatic heterocycles. The molecule has 2 heterocycles. The van der Waals surface area contributed by atoms with E-state index in [0.29, 0.717) is 23.2 Å². The summed E-state index contributed by atoms with van der Waals surface area (Å²) in [6.07, 6.45) is 10.5. The van der Waals surface area contributed by atoms with E-state index in [1.54, 1.807) is 19.2 Å². The Morgan fingerprint density at radius 3 is 2.31 bits per heavy atom. The van der Waals surface area contributed by atoms with Crippen LogP contribution >= 0.6 is 0 Å². The van der Waals surface area contributed by atoms with Crippen molar-refractivity contribution in [3.8, 4) is 0 Å². The highest BCUT2D eigenvalue weighted by molar-refractivity contribution is 5.80. The molecular formula is C35H51F2N3O2. The number of likely N-dealkylation sites (tertiary alicyclic amines) is 1. The monoisotopic (exact) mass is 583 g/mol. The molecule has 2 aliphatic rings. The van der Waals surface area contributed by atoms with Crippen molar-refractivity contribution in [2.45, 2.75) is 86.4 Å². The lowest BCUT2D eigenvalue weighted by molar-refractivity contribution is 0.159. The standard InChI is InChI=1S/C35H51F2N3O2/c1-9-11-14-25(5)29(18-31(32(41-8)17-12-10-2)40-20-27-22-42-23-28(27)21-40)34(39-24(3)4)38-19-26-15-13-16-30(33(26)36)35(6,7)37/h13-18,27-28,38H,9-12,19-23H2,1-8H3/b25-14+,31-18+,32-17-,34-29-. The van der Waals surface area contributed by atoms with Crippen molar-refractivity contribution in [2.75, 3.05) is 33.4 Å². The van der Waals surface area contributed by atoms with Gasteiger partial charge in [0.1, 0.15) is 23.1 Å². The summed E-state index contributed by atoms with van der Waals surface area (Å²) < 4.78 is 41.9. The zero-order valence-corrected chi connectivity index (χ0v) is 26.9. The predicted molar refractivity (Wildman–Crippen MR) is 169 cm³/mol. The Balaban J connectivity index is 2.17. The number of allylic oxidation sites excluding steroid dienone is 5. The third-order valence-corrected chi connectivity index (χ3v) is 7.87. The first kappa shape index (κ1) is 33.6. The van der Waals surface area contributed by atoms with Gasteiger partial charge in [-0.3, -0.25) is 0 Å². The molecule has 7 heteroatoms. The molecule has 0 saturated carbocycles. The predicted octanol–water partition coefficient (Wildman–Crippen LogP) is 8.35. The second-order valence-corrected chi connectivity index (χ2v) is 12.2. The van der Waals surface area contributed by atoms with Crippen LogP contribution in [0.2, 0.25) is 0 Å². The Labute approximate surface area is 252 Å². The smallest absolute Gasteiger partial charge is 0.138 e. The number of nitrogens with zero attached hydrogens (tertiary/aromatic N) is 2. The Bertz CT molecular complexity index is 1210. The third kappa shape index (κ3) is 8.79. The number of methoxy groups -OCH3 is 1. The molecule has 0 bridgehead atoms. The first-order chi connectivity index (χ1) is 20.0. The SMILES string of the molecule is CCC/C=C(OC)/C(=C\C(=C(\N=C(C)C)NCc1cccc(C(C)(C)F)c1F)C(\C)=C\CCC)N1CC2COCC2C1. The molecule has 2 aliphatic heterocycles. The van der Waals surface area contributed by atoms with Gasteiger partial charge in [-0.05, 0) is 65.2 Å². The van der Waals surface area contributed by atoms with Crippen molar-refractivity contribution in [1.29, 1.82) is 0 Å². The molecule has 42 heavy (non-hydrogen) atoms. The van der Waals surface area contributed by atoms with Crippen LogP contribution in [0, 0.1) is 17.7 Å². The average Bonchev–Trinajstić information content (AvgIpc) is 3.54. The third-order valence-electron chi connectivity index (χ3n) is 7.87. The van der Waals surface area contributed by atoms with E-state index < -0.39 is 11.5 Å². The minimum Gasteiger partial charge on any atom is -0.495 e. The van der Waals surface area contributed by atoms with Crippen molar-refractivity contribution in [3.05, 3.63) is 81.8 Å². The van der Waals surface area contributed by atoms with Crippen molar-refractivity contribution in [1.82, 2.24) is 10.2 Å². The summed E-state index contributed by atoms with van der Waals surface area (Å²) in [6.45, 7) is 16.6. The minimum atomic E-state index is -1.78. The van der Waals surface area contributed by atoms with E-state index in [4.69, 9.17) is 14.5 Å². The summed E-state index contributed by atoms with van der Waals surface area (Å²) >= 11 is 0. The largest absolute Gasteiger partial charge is 0.495 e. The summed E-state index contributed by atoms with van der Waals surface area (Å²) in [7, 11) is 1.73. The first-order valence-electron chi connectivity index (χ1n) is 15.4. The Morgan fingerprint density at radius 2 is 1.74 bits per heavy atom. The molecule has 2 fully saturated rings. The molecule has 2 saturated heterocycles. The number of benzene rings is 1. The lowest BCUT2D eigenvalue weighted by Crippen LogP contribution is -2.25. The van der Waals surface area contributed by atoms with Gasteiger partial charge >= 0.3 is 0 Å². The molecule has 1 N–H and O–H groups in total. The van der Waals surface area contributed by atoms with Crippen LogP contribution in [0.15, 0.2) is 69.8 Å². The molecule has 0 spiro atoms. The highest BCUT2D eigenvalue weighted by Gasteiger charge is 2.38. The first-order valence-corrected chi connectivity index (χ1v) is 15.4. The van der Waals surface area contributed by atoms with E-state index in [1.807, 2.05) is 13.8 Å². The van der Waals surface area contributed by atoms with Gasteiger partial charge in [0.05, 0.1) is 26.0 Å². The highest BCUT2D eigenvalue weighted by Crippen LogP contribution is 2.35. The maximum Gasteiger partial charge on any atom is 0.138 e. The fourth-order valence-corrected chi connectivity index (χ4v) is 5.52. The molecule has 2 unspecified atom stereocenters. The summed E-state index contributed by atoms with van der Waals surface area (Å²) in [5.41, 5.74) is 2.57. The molecule has 3 rings (SSSR count). The zero-order valence-electron chi connectivity index (χ0n) is 26.9. The van der Waals surface area contributed by atoms with Gasteiger partial charge < -0.3 is 19.7 Å². The zero-order chi connectivity index (χ0) is 30.9. The minimum absolute atomic E-state index is 0.0540. The molecule has 0 amide bonds. The Hall–Kier alpha value is -2.93. The van der Waals surface area contributed by atoms with E-state index in [2.05, 4.69) is 49.2 Å². The molecule has 2 atom stereocenters. The van der Waals surface area contributed by atoms with Gasteiger partial charge in [0.25, 0.3) is 0 Å². The number of rotatable bonds is 14. The van der Waals surface area contributed by atoms with Gasteiger partial charge in [0.15, 0.2) is 0 Å². The number of ether oxygens (including phenoxy) is 2. The number of hydrogen-bond acceptors (Lipinski definition) is 5. The normalized spacial score (nSPS) is 20.4. The van der Waals surface area contributed by atoms with Gasteiger partial charge in [-0.15, -0.1) is 0 Å². The number of fused-ring (bicyclic) bond motifs is 1. The molecule has 0 radical (unpaired) electrons. The van der Waals surface area contributed by atoms with E-state index in [9.17, 15) is 4.39 Å². The van der Waals surface area contributed by atoms with Crippen LogP contribution in [0.1, 0.15) is 85.3 Å². The van der Waals surface area contributed by atoms with Crippen LogP contribution < -0.4 is 5.32 Å². The summed E-state index contributed by atoms with van der Waals surface area (Å²) in [6, 6.07) is 4.91. The summed E-state index contributed by atoms with van der Waals surface area (Å²) in [4.78, 5) is 7.33. The van der Waals surface area contributed by atoms with Crippen LogP contribution in [0.4, 0.5) is 8.78 Å². The van der Waals surface area contributed by atoms with Crippen molar-refractivity contribution >= 4 is 5.71 Å². The van der Waals surface area contributed by atoms with Crippen molar-refractivity contribution in [3.63, 3.8) is 0 Å². The molecule has 1 aromatic rings. The summed E-state index contributed by atoms with van der Waals surface area (Å²) in [5.74, 6) is 1.98. The second kappa shape index (κ2) is 15.5. The summed E-state index contributed by atoms with van der Waals surface area (Å²) in [5, 5.41) is 3.43. The Kier molecular flexibility index (Phi) is 12.4. The molecule has 0 aliphatic carbocycles. The van der Waals surface area contributed by atoms with Crippen LogP contribution in [-0.2, 0) is 21.7 Å². The lowest BCUT2D eigenvalue weighted by Gasteiger charge is -2.26. The van der Waals surface area contributed by atoms with Crippen LogP contribution in [-0.4, -0.2) is 44.0 Å². The molecule has 232 valence electrons. The number of unbranched alkanes of at least 4 members (excludes halogenated alkanes) is 2. The van der Waals surface area contributed by atoms with E-state index >= 15 is 4.39 Å². The van der Waals surface area contributed by atoms with Gasteiger partial charge in [-0.2, -0.15) is 0 Å². The number of halogens is 2. The number of hydrogen-bond donors (Lipinski definition) is 1. The molecular weight excluding hydrogens is 532 g/mol. The number of nitrogens with one attached hydrogen (secondary N) is 1. The van der Waals surface area contributed by atoms with Crippen molar-refractivity contribution < 1.29 is 18.3 Å². The lowest BCUT2D eigenvalue weighted by atomic mass is 9.97. The highest BCUT2D eigenvalue weighted by atomic mass is 19.1. The number of alkyl halides is 1. The van der Waals surface area contributed by atoms with Crippen molar-refractivity contribution in [2.24, 2.45) is 16.8 Å². The topological polar surface area (TPSA) is 46.1 Å². The van der Waals surface area contributed by atoms with E-state index in [0.717, 1.165) is 80.3 Å². The molecule has 5 nitrogen and oxygen atoms in total. The average molecular weight is 584 g/mol. The molecule has 1 aromatic carbocycles.